The maximum absolute atomic E-state index is 6.66. The van der Waals surface area contributed by atoms with Crippen LogP contribution in [-0.4, -0.2) is 36.7 Å². The van der Waals surface area contributed by atoms with Gasteiger partial charge in [-0.05, 0) is 30.6 Å². The predicted octanol–water partition coefficient (Wildman–Crippen LogP) is 5.04. The monoisotopic (exact) mass is 383 g/mol. The van der Waals surface area contributed by atoms with Crippen molar-refractivity contribution >= 4 is 24.2 Å². The number of rotatable bonds is 4. The Kier molecular flexibility index (Phi) is 5.58. The predicted molar refractivity (Wildman–Crippen MR) is 101 cm³/mol. The van der Waals surface area contributed by atoms with E-state index in [1.54, 1.807) is 0 Å². The Balaban J connectivity index is 2.04. The fourth-order valence-corrected chi connectivity index (χ4v) is 4.83. The molecule has 0 saturated carbocycles. The van der Waals surface area contributed by atoms with E-state index in [9.17, 15) is 0 Å². The van der Waals surface area contributed by atoms with Crippen LogP contribution >= 0.6 is 15.9 Å². The molecule has 0 amide bonds. The van der Waals surface area contributed by atoms with Gasteiger partial charge in [0.25, 0.3) is 0 Å². The molecule has 1 aromatic rings. The van der Waals surface area contributed by atoms with Crippen molar-refractivity contribution in [2.24, 2.45) is 0 Å². The zero-order valence-corrected chi connectivity index (χ0v) is 17.4. The highest BCUT2D eigenvalue weighted by atomic mass is 79.9. The fraction of sp³-hybridized carbons (Fsp3) is 0.667. The van der Waals surface area contributed by atoms with Gasteiger partial charge in [-0.2, -0.15) is 0 Å². The van der Waals surface area contributed by atoms with Gasteiger partial charge in [0.2, 0.25) is 0 Å². The average Bonchev–Trinajstić information content (AvgIpc) is 2.67. The average molecular weight is 384 g/mol. The van der Waals surface area contributed by atoms with Gasteiger partial charge in [0.05, 0.1) is 10.9 Å². The Labute approximate surface area is 145 Å². The highest BCUT2D eigenvalue weighted by Crippen LogP contribution is 2.40. The summed E-state index contributed by atoms with van der Waals surface area (Å²) >= 11 is 3.90. The minimum absolute atomic E-state index is 0.260. The van der Waals surface area contributed by atoms with Crippen molar-refractivity contribution in [3.05, 3.63) is 35.9 Å². The molecule has 1 fully saturated rings. The van der Waals surface area contributed by atoms with Gasteiger partial charge < -0.3 is 4.43 Å². The van der Waals surface area contributed by atoms with Crippen LogP contribution in [0.15, 0.2) is 30.3 Å². The summed E-state index contributed by atoms with van der Waals surface area (Å²) in [7, 11) is -1.72. The van der Waals surface area contributed by atoms with Gasteiger partial charge >= 0.3 is 0 Å². The molecule has 0 N–H and O–H groups in total. The van der Waals surface area contributed by atoms with Crippen LogP contribution in [0.5, 0.6) is 0 Å². The maximum atomic E-state index is 6.66. The van der Waals surface area contributed by atoms with Crippen molar-refractivity contribution in [1.82, 2.24) is 4.90 Å². The van der Waals surface area contributed by atoms with E-state index in [2.05, 4.69) is 92.0 Å². The topological polar surface area (TPSA) is 12.5 Å². The number of hydrogen-bond donors (Lipinski definition) is 0. The zero-order chi connectivity index (χ0) is 16.5. The summed E-state index contributed by atoms with van der Waals surface area (Å²) in [6.45, 7) is 15.9. The molecule has 2 rings (SSSR count). The molecule has 0 spiro atoms. The molecule has 1 saturated heterocycles. The van der Waals surface area contributed by atoms with Gasteiger partial charge in [0.1, 0.15) is 0 Å². The van der Waals surface area contributed by atoms with Gasteiger partial charge in [-0.15, -0.1) is 0 Å². The summed E-state index contributed by atoms with van der Waals surface area (Å²) in [4.78, 5) is 2.94. The Morgan fingerprint density at radius 3 is 2.36 bits per heavy atom. The number of benzene rings is 1. The second-order valence-electron chi connectivity index (χ2n) is 8.02. The van der Waals surface area contributed by atoms with E-state index in [0.29, 0.717) is 17.0 Å². The highest BCUT2D eigenvalue weighted by molar-refractivity contribution is 9.09. The third-order valence-corrected chi connectivity index (χ3v) is 11.1. The van der Waals surface area contributed by atoms with Crippen molar-refractivity contribution in [2.75, 3.05) is 6.54 Å². The summed E-state index contributed by atoms with van der Waals surface area (Å²) in [5, 5.41) is 0.260. The largest absolute Gasteiger partial charge is 0.411 e. The van der Waals surface area contributed by atoms with E-state index in [-0.39, 0.29) is 5.04 Å². The quantitative estimate of drug-likeness (QED) is 0.532. The van der Waals surface area contributed by atoms with Crippen molar-refractivity contribution in [3.8, 4) is 0 Å². The molecule has 1 aromatic carbocycles. The van der Waals surface area contributed by atoms with Gasteiger partial charge in [-0.1, -0.05) is 67.0 Å². The Bertz CT molecular complexity index is 486. The van der Waals surface area contributed by atoms with Crippen LogP contribution in [0.25, 0.3) is 0 Å². The van der Waals surface area contributed by atoms with Gasteiger partial charge in [0.15, 0.2) is 8.32 Å². The van der Waals surface area contributed by atoms with Crippen LogP contribution in [0.4, 0.5) is 0 Å². The lowest BCUT2D eigenvalue weighted by atomic mass is 10.2. The molecule has 0 aromatic heterocycles. The van der Waals surface area contributed by atoms with Crippen molar-refractivity contribution < 1.29 is 4.43 Å². The van der Waals surface area contributed by atoms with Crippen LogP contribution in [-0.2, 0) is 11.0 Å². The van der Waals surface area contributed by atoms with E-state index in [0.717, 1.165) is 13.1 Å². The van der Waals surface area contributed by atoms with Gasteiger partial charge in [-0.25, -0.2) is 0 Å². The normalized spacial score (nSPS) is 27.3. The van der Waals surface area contributed by atoms with Crippen LogP contribution in [0.1, 0.15) is 33.3 Å². The number of halogens is 1. The van der Waals surface area contributed by atoms with Crippen molar-refractivity contribution in [1.29, 1.82) is 0 Å². The molecule has 1 aliphatic heterocycles. The molecule has 4 heteroatoms. The van der Waals surface area contributed by atoms with Crippen LogP contribution in [0, 0.1) is 0 Å². The lowest BCUT2D eigenvalue weighted by Gasteiger charge is -2.39. The fourth-order valence-electron chi connectivity index (χ4n) is 2.69. The Morgan fingerprint density at radius 2 is 1.82 bits per heavy atom. The number of likely N-dealkylation sites (tertiary alicyclic amines) is 1. The first-order valence-corrected chi connectivity index (χ1v) is 12.0. The lowest BCUT2D eigenvalue weighted by Crippen LogP contribution is -2.46. The first-order chi connectivity index (χ1) is 10.1. The maximum Gasteiger partial charge on any atom is 0.192 e. The summed E-state index contributed by atoms with van der Waals surface area (Å²) in [6.07, 6.45) is 0.291. The molecule has 2 unspecified atom stereocenters. The summed E-state index contributed by atoms with van der Waals surface area (Å²) in [5.74, 6) is 0. The standard InChI is InChI=1S/C18H30BrNOSi/c1-14-17(19)16(21-22(5,6)18(2,3)4)13-20(14)12-15-10-8-7-9-11-15/h7-11,14,16-17H,12-13H2,1-6H3/t14?,16-,17?/m0/s1. The number of nitrogens with zero attached hydrogens (tertiary/aromatic N) is 1. The van der Waals surface area contributed by atoms with Crippen LogP contribution in [0.3, 0.4) is 0 Å². The summed E-state index contributed by atoms with van der Waals surface area (Å²) in [6, 6.07) is 11.2. The molecule has 22 heavy (non-hydrogen) atoms. The molecule has 0 aliphatic carbocycles. The molecular formula is C18H30BrNOSi. The first-order valence-electron chi connectivity index (χ1n) is 8.22. The first kappa shape index (κ1) is 18.2. The molecule has 3 atom stereocenters. The van der Waals surface area contributed by atoms with E-state index in [1.165, 1.54) is 5.56 Å². The smallest absolute Gasteiger partial charge is 0.192 e. The summed E-state index contributed by atoms with van der Waals surface area (Å²) in [5.41, 5.74) is 1.38. The van der Waals surface area contributed by atoms with Crippen molar-refractivity contribution in [3.63, 3.8) is 0 Å². The minimum Gasteiger partial charge on any atom is -0.411 e. The zero-order valence-electron chi connectivity index (χ0n) is 14.8. The highest BCUT2D eigenvalue weighted by Gasteiger charge is 2.45. The molecule has 0 radical (unpaired) electrons. The molecule has 124 valence electrons. The SMILES string of the molecule is CC1C(Br)[C@@H](O[Si](C)(C)C(C)(C)C)CN1Cc1ccccc1. The van der Waals surface area contributed by atoms with Crippen molar-refractivity contribution in [2.45, 2.75) is 69.3 Å². The third kappa shape index (κ3) is 4.02. The third-order valence-electron chi connectivity index (χ3n) is 5.29. The molecule has 2 nitrogen and oxygen atoms in total. The molecule has 0 bridgehead atoms. The lowest BCUT2D eigenvalue weighted by molar-refractivity contribution is 0.180. The second kappa shape index (κ2) is 6.76. The molecule has 1 aliphatic rings. The van der Waals surface area contributed by atoms with Crippen LogP contribution < -0.4 is 0 Å². The van der Waals surface area contributed by atoms with E-state index >= 15 is 0 Å². The Hall–Kier alpha value is -0.163. The Morgan fingerprint density at radius 1 is 1.23 bits per heavy atom. The molecular weight excluding hydrogens is 354 g/mol. The van der Waals surface area contributed by atoms with E-state index in [4.69, 9.17) is 4.43 Å². The van der Waals surface area contributed by atoms with E-state index in [1.807, 2.05) is 0 Å². The minimum atomic E-state index is -1.72. The summed E-state index contributed by atoms with van der Waals surface area (Å²) < 4.78 is 6.66. The van der Waals surface area contributed by atoms with Gasteiger partial charge in [-0.3, -0.25) is 4.90 Å². The second-order valence-corrected chi connectivity index (χ2v) is 13.8. The number of hydrogen-bond acceptors (Lipinski definition) is 2. The molecule has 1 heterocycles. The number of alkyl halides is 1. The van der Waals surface area contributed by atoms with Crippen LogP contribution in [0.2, 0.25) is 18.1 Å². The van der Waals surface area contributed by atoms with E-state index < -0.39 is 8.32 Å². The van der Waals surface area contributed by atoms with Gasteiger partial charge in [0, 0.05) is 19.1 Å².